The molecule has 0 unspecified atom stereocenters. The largest absolute Gasteiger partial charge is 0.416 e. The third-order valence-corrected chi connectivity index (χ3v) is 9.18. The predicted octanol–water partition coefficient (Wildman–Crippen LogP) is 6.98. The molecule has 4 aromatic rings. The van der Waals surface area contributed by atoms with Crippen LogP contribution in [0.5, 0.6) is 0 Å². The number of nitrogens with one attached hydrogen (secondary N) is 2. The number of hydrogen-bond donors (Lipinski definition) is 2. The van der Waals surface area contributed by atoms with Crippen molar-refractivity contribution in [3.63, 3.8) is 0 Å². The van der Waals surface area contributed by atoms with Gasteiger partial charge in [-0.3, -0.25) is 24.3 Å². The summed E-state index contributed by atoms with van der Waals surface area (Å²) < 4.78 is 45.1. The van der Waals surface area contributed by atoms with Crippen molar-refractivity contribution in [3.8, 4) is 11.3 Å². The first-order chi connectivity index (χ1) is 26.0. The Morgan fingerprint density at radius 2 is 1.54 bits per heavy atom. The topological polar surface area (TPSA) is 107 Å². The molecule has 54 heavy (non-hydrogen) atoms. The second-order valence-electron chi connectivity index (χ2n) is 13.2. The molecule has 0 radical (unpaired) electrons. The number of aromatic nitrogens is 1. The van der Waals surface area contributed by atoms with Crippen molar-refractivity contribution >= 4 is 29.1 Å². The van der Waals surface area contributed by atoms with Crippen LogP contribution >= 0.6 is 0 Å². The molecule has 1 aromatic heterocycles. The smallest absolute Gasteiger partial charge is 0.379 e. The summed E-state index contributed by atoms with van der Waals surface area (Å²) in [6.07, 6.45) is -1.17. The summed E-state index contributed by atoms with van der Waals surface area (Å²) in [5.74, 6) is -1.11. The lowest BCUT2D eigenvalue weighted by atomic mass is 10.0. The SMILES string of the molecule is CCCN(CCC)c1ccc(NC(=O)c2cccc(C(=O)N(C)CCN3CCOCC3)c2)c(-c2cc(C(=O)NCc3cccc(C(F)(F)F)c3)ccn2)c1. The first kappa shape index (κ1) is 39.9. The lowest BCUT2D eigenvalue weighted by Crippen LogP contribution is -2.41. The highest BCUT2D eigenvalue weighted by molar-refractivity contribution is 6.08. The number of nitrogens with zero attached hydrogens (tertiary/aromatic N) is 4. The van der Waals surface area contributed by atoms with Gasteiger partial charge in [0.25, 0.3) is 17.7 Å². The lowest BCUT2D eigenvalue weighted by molar-refractivity contribution is -0.137. The molecule has 5 rings (SSSR count). The summed E-state index contributed by atoms with van der Waals surface area (Å²) in [6.45, 7) is 9.99. The van der Waals surface area contributed by atoms with Gasteiger partial charge < -0.3 is 25.2 Å². The molecule has 1 aliphatic heterocycles. The van der Waals surface area contributed by atoms with Gasteiger partial charge >= 0.3 is 6.18 Å². The molecule has 0 aliphatic carbocycles. The molecule has 0 spiro atoms. The fourth-order valence-electron chi connectivity index (χ4n) is 6.25. The summed E-state index contributed by atoms with van der Waals surface area (Å²) in [5, 5.41) is 5.70. The number of ether oxygens (including phenoxy) is 1. The number of carbonyl (C=O) groups is 3. The average molecular weight is 745 g/mol. The first-order valence-corrected chi connectivity index (χ1v) is 18.2. The third-order valence-electron chi connectivity index (χ3n) is 9.18. The van der Waals surface area contributed by atoms with Crippen molar-refractivity contribution in [1.82, 2.24) is 20.1 Å². The maximum Gasteiger partial charge on any atom is 0.416 e. The molecule has 2 N–H and O–H groups in total. The highest BCUT2D eigenvalue weighted by atomic mass is 19.4. The van der Waals surface area contributed by atoms with E-state index in [1.54, 1.807) is 48.3 Å². The first-order valence-electron chi connectivity index (χ1n) is 18.2. The number of likely N-dealkylation sites (N-methyl/N-ethyl adjacent to an activating group) is 1. The fraction of sp³-hybridized carbons (Fsp3) is 0.366. The van der Waals surface area contributed by atoms with Crippen molar-refractivity contribution in [2.24, 2.45) is 0 Å². The van der Waals surface area contributed by atoms with E-state index in [0.29, 0.717) is 53.4 Å². The monoisotopic (exact) mass is 744 g/mol. The Balaban J connectivity index is 1.37. The summed E-state index contributed by atoms with van der Waals surface area (Å²) in [5.41, 5.74) is 2.80. The van der Waals surface area contributed by atoms with Crippen molar-refractivity contribution in [2.45, 2.75) is 39.4 Å². The maximum atomic E-state index is 13.8. The Morgan fingerprint density at radius 3 is 2.26 bits per heavy atom. The van der Waals surface area contributed by atoms with Crippen LogP contribution in [0.15, 0.2) is 85.1 Å². The van der Waals surface area contributed by atoms with Crippen LogP contribution in [0.1, 0.15) is 68.9 Å². The average Bonchev–Trinajstić information content (AvgIpc) is 3.19. The Kier molecular flexibility index (Phi) is 13.8. The maximum absolute atomic E-state index is 13.8. The molecule has 13 heteroatoms. The minimum atomic E-state index is -4.49. The number of benzene rings is 3. The second kappa shape index (κ2) is 18.7. The van der Waals surface area contributed by atoms with Crippen LogP contribution in [-0.4, -0.2) is 92.0 Å². The number of hydrogen-bond acceptors (Lipinski definition) is 7. The van der Waals surface area contributed by atoms with Crippen molar-refractivity contribution in [3.05, 3.63) is 113 Å². The van der Waals surface area contributed by atoms with E-state index in [9.17, 15) is 27.6 Å². The zero-order valence-electron chi connectivity index (χ0n) is 30.9. The Hall–Kier alpha value is -5.27. The molecular formula is C41H47F3N6O4. The van der Waals surface area contributed by atoms with Crippen molar-refractivity contribution in [2.75, 3.05) is 69.7 Å². The van der Waals surface area contributed by atoms with Crippen molar-refractivity contribution in [1.29, 1.82) is 0 Å². The van der Waals surface area contributed by atoms with Crippen LogP contribution < -0.4 is 15.5 Å². The molecule has 0 saturated carbocycles. The van der Waals surface area contributed by atoms with Crippen LogP contribution in [0.4, 0.5) is 24.5 Å². The van der Waals surface area contributed by atoms with E-state index in [4.69, 9.17) is 4.74 Å². The summed E-state index contributed by atoms with van der Waals surface area (Å²) in [6, 6.07) is 20.2. The molecule has 1 fully saturated rings. The van der Waals surface area contributed by atoms with Crippen molar-refractivity contribution < 1.29 is 32.3 Å². The molecule has 3 aromatic carbocycles. The van der Waals surface area contributed by atoms with Gasteiger partial charge in [0, 0.05) is 87.0 Å². The molecule has 1 aliphatic rings. The van der Waals surface area contributed by atoms with E-state index in [1.807, 2.05) is 12.1 Å². The molecule has 2 heterocycles. The summed E-state index contributed by atoms with van der Waals surface area (Å²) in [7, 11) is 1.75. The highest BCUT2D eigenvalue weighted by Gasteiger charge is 2.30. The Labute approximate surface area is 314 Å². The zero-order valence-corrected chi connectivity index (χ0v) is 30.9. The molecule has 0 atom stereocenters. The van der Waals surface area contributed by atoms with Crippen LogP contribution in [0.2, 0.25) is 0 Å². The van der Waals surface area contributed by atoms with Crippen LogP contribution in [0.3, 0.4) is 0 Å². The number of carbonyl (C=O) groups excluding carboxylic acids is 3. The number of pyridine rings is 1. The second-order valence-corrected chi connectivity index (χ2v) is 13.2. The van der Waals surface area contributed by atoms with E-state index in [-0.39, 0.29) is 18.0 Å². The third kappa shape index (κ3) is 10.7. The number of morpholine rings is 1. The molecule has 0 bridgehead atoms. The van der Waals surface area contributed by atoms with E-state index in [0.717, 1.165) is 63.4 Å². The molecule has 286 valence electrons. The van der Waals surface area contributed by atoms with Crippen LogP contribution in [-0.2, 0) is 17.5 Å². The molecular weight excluding hydrogens is 697 g/mol. The number of amides is 3. The normalized spacial score (nSPS) is 13.3. The number of halogens is 3. The lowest BCUT2D eigenvalue weighted by Gasteiger charge is -2.28. The molecule has 3 amide bonds. The van der Waals surface area contributed by atoms with E-state index in [1.165, 1.54) is 24.4 Å². The van der Waals surface area contributed by atoms with Gasteiger partial charge in [0.2, 0.25) is 0 Å². The molecule has 1 saturated heterocycles. The molecule has 10 nitrogen and oxygen atoms in total. The van der Waals surface area contributed by atoms with Gasteiger partial charge in [-0.25, -0.2) is 0 Å². The van der Waals surface area contributed by atoms with Gasteiger partial charge in [0.1, 0.15) is 0 Å². The van der Waals surface area contributed by atoms with E-state index < -0.39 is 23.6 Å². The fourth-order valence-corrected chi connectivity index (χ4v) is 6.25. The van der Waals surface area contributed by atoms with E-state index >= 15 is 0 Å². The van der Waals surface area contributed by atoms with Gasteiger partial charge in [-0.2, -0.15) is 13.2 Å². The van der Waals surface area contributed by atoms with Crippen LogP contribution in [0.25, 0.3) is 11.3 Å². The summed E-state index contributed by atoms with van der Waals surface area (Å²) >= 11 is 0. The Bertz CT molecular complexity index is 1910. The van der Waals surface area contributed by atoms with E-state index in [2.05, 4.69) is 39.3 Å². The predicted molar refractivity (Wildman–Crippen MR) is 204 cm³/mol. The zero-order chi connectivity index (χ0) is 38.7. The minimum Gasteiger partial charge on any atom is -0.379 e. The van der Waals surface area contributed by atoms with Gasteiger partial charge in [0.15, 0.2) is 0 Å². The number of alkyl halides is 3. The highest BCUT2D eigenvalue weighted by Crippen LogP contribution is 2.33. The van der Waals surface area contributed by atoms with Gasteiger partial charge in [-0.1, -0.05) is 32.0 Å². The quantitative estimate of drug-likeness (QED) is 0.135. The minimum absolute atomic E-state index is 0.106. The number of rotatable bonds is 15. The standard InChI is InChI=1S/C41H47F3N6O4/c1-4-16-50(17-5-2)34-12-13-36(47-39(52)30-9-7-10-32(25-30)40(53)48(3)18-19-49-20-22-54-23-21-49)35(27-34)37-26-31(14-15-45-37)38(51)46-28-29-8-6-11-33(24-29)41(42,43)44/h6-15,24-27H,4-5,16-23,28H2,1-3H3,(H,46,51)(H,47,52). The van der Waals surface area contributed by atoms with Gasteiger partial charge in [0.05, 0.1) is 30.2 Å². The van der Waals surface area contributed by atoms with Gasteiger partial charge in [-0.05, 0) is 79.1 Å². The Morgan fingerprint density at radius 1 is 0.833 bits per heavy atom. The van der Waals surface area contributed by atoms with Crippen LogP contribution in [0, 0.1) is 0 Å². The van der Waals surface area contributed by atoms with Gasteiger partial charge in [-0.15, -0.1) is 0 Å². The number of anilines is 2. The summed E-state index contributed by atoms with van der Waals surface area (Å²) in [4.78, 5) is 51.0.